The standard InChI is InChI=1S/C28H34N2O8/c1-15-11-18(32)24-20(35-15)14-19-17(25(24)33)13-22(27(2,3)37-19)36-26(34)28(8-4-10-31)21(38-28)6-5-16-7-9-30-23(29)12-16/h7,11-12,14,21-22,30-31,33H,4-6,8-10,13,29H2,1-3H3/t21-,22-,28+/m1/s1. The first-order chi connectivity index (χ1) is 18.0. The van der Waals surface area contributed by atoms with E-state index in [1.54, 1.807) is 26.8 Å². The number of benzene rings is 1. The molecule has 1 fully saturated rings. The third-order valence-electron chi connectivity index (χ3n) is 7.54. The highest BCUT2D eigenvalue weighted by Crippen LogP contribution is 2.47. The molecular formula is C28H34N2O8. The first-order valence-electron chi connectivity index (χ1n) is 12.9. The predicted octanol–water partition coefficient (Wildman–Crippen LogP) is 2.45. The quantitative estimate of drug-likeness (QED) is 0.297. The predicted molar refractivity (Wildman–Crippen MR) is 139 cm³/mol. The lowest BCUT2D eigenvalue weighted by Gasteiger charge is -2.39. The van der Waals surface area contributed by atoms with E-state index in [2.05, 4.69) is 5.32 Å². The highest BCUT2D eigenvalue weighted by atomic mass is 16.7. The number of carbonyl (C=O) groups excluding carboxylic acids is 1. The van der Waals surface area contributed by atoms with Crippen LogP contribution in [0.2, 0.25) is 0 Å². The molecule has 0 spiro atoms. The number of esters is 1. The van der Waals surface area contributed by atoms with Crippen molar-refractivity contribution in [2.24, 2.45) is 5.73 Å². The molecule has 0 aliphatic carbocycles. The van der Waals surface area contributed by atoms with E-state index >= 15 is 0 Å². The van der Waals surface area contributed by atoms with Crippen molar-refractivity contribution in [3.63, 3.8) is 0 Å². The van der Waals surface area contributed by atoms with Gasteiger partial charge in [-0.15, -0.1) is 0 Å². The van der Waals surface area contributed by atoms with Crippen LogP contribution in [0.4, 0.5) is 0 Å². The summed E-state index contributed by atoms with van der Waals surface area (Å²) in [5.74, 6) is 0.645. The number of rotatable bonds is 8. The van der Waals surface area contributed by atoms with Crippen LogP contribution in [0.25, 0.3) is 11.0 Å². The Labute approximate surface area is 220 Å². The number of dihydropyridines is 1. The molecule has 4 heterocycles. The van der Waals surface area contributed by atoms with Crippen LogP contribution in [0.15, 0.2) is 44.9 Å². The molecule has 2 aromatic rings. The van der Waals surface area contributed by atoms with Gasteiger partial charge in [-0.25, -0.2) is 4.79 Å². The van der Waals surface area contributed by atoms with Gasteiger partial charge in [-0.3, -0.25) is 4.79 Å². The lowest BCUT2D eigenvalue weighted by molar-refractivity contribution is -0.168. The summed E-state index contributed by atoms with van der Waals surface area (Å²) in [6.07, 6.45) is 4.97. The molecule has 3 atom stereocenters. The number of hydrogen-bond acceptors (Lipinski definition) is 10. The molecule has 5 rings (SSSR count). The number of ether oxygens (including phenoxy) is 3. The van der Waals surface area contributed by atoms with Crippen molar-refractivity contribution in [3.05, 3.63) is 57.2 Å². The van der Waals surface area contributed by atoms with Gasteiger partial charge in [-0.05, 0) is 58.1 Å². The molecule has 3 aliphatic heterocycles. The van der Waals surface area contributed by atoms with E-state index in [1.165, 1.54) is 6.07 Å². The molecule has 38 heavy (non-hydrogen) atoms. The molecule has 204 valence electrons. The molecule has 0 saturated carbocycles. The molecule has 3 aliphatic rings. The van der Waals surface area contributed by atoms with Gasteiger partial charge in [0.15, 0.2) is 11.0 Å². The van der Waals surface area contributed by atoms with Crippen LogP contribution in [-0.2, 0) is 20.7 Å². The number of fused-ring (bicyclic) bond motifs is 2. The number of phenolic OH excluding ortho intramolecular Hbond substituents is 1. The number of phenols is 1. The van der Waals surface area contributed by atoms with E-state index in [0.717, 1.165) is 5.57 Å². The van der Waals surface area contributed by atoms with Gasteiger partial charge in [-0.2, -0.15) is 0 Å². The van der Waals surface area contributed by atoms with Crippen LogP contribution >= 0.6 is 0 Å². The van der Waals surface area contributed by atoms with Crippen LogP contribution in [0.3, 0.4) is 0 Å². The zero-order chi connectivity index (χ0) is 27.2. The average Bonchev–Trinajstić information content (AvgIpc) is 3.56. The zero-order valence-electron chi connectivity index (χ0n) is 21.8. The number of epoxide rings is 1. The molecule has 1 aromatic carbocycles. The van der Waals surface area contributed by atoms with Gasteiger partial charge < -0.3 is 39.9 Å². The summed E-state index contributed by atoms with van der Waals surface area (Å²) < 4.78 is 23.8. The van der Waals surface area contributed by atoms with E-state index in [1.807, 2.05) is 12.2 Å². The number of aromatic hydroxyl groups is 1. The third kappa shape index (κ3) is 4.74. The van der Waals surface area contributed by atoms with Gasteiger partial charge in [0.05, 0.1) is 11.9 Å². The van der Waals surface area contributed by atoms with Crippen LogP contribution in [-0.4, -0.2) is 52.7 Å². The summed E-state index contributed by atoms with van der Waals surface area (Å²) in [5, 5.41) is 23.5. The summed E-state index contributed by atoms with van der Waals surface area (Å²) >= 11 is 0. The van der Waals surface area contributed by atoms with E-state index in [0.29, 0.717) is 55.1 Å². The molecule has 10 heteroatoms. The molecule has 0 bridgehead atoms. The van der Waals surface area contributed by atoms with Gasteiger partial charge >= 0.3 is 5.97 Å². The second kappa shape index (κ2) is 9.67. The van der Waals surface area contributed by atoms with Crippen molar-refractivity contribution in [1.82, 2.24) is 5.32 Å². The Bertz CT molecular complexity index is 1390. The van der Waals surface area contributed by atoms with Crippen molar-refractivity contribution in [1.29, 1.82) is 0 Å². The van der Waals surface area contributed by atoms with Crippen molar-refractivity contribution in [2.45, 2.75) is 76.3 Å². The van der Waals surface area contributed by atoms with E-state index in [4.69, 9.17) is 24.4 Å². The maximum absolute atomic E-state index is 13.5. The van der Waals surface area contributed by atoms with Gasteiger partial charge in [-0.1, -0.05) is 6.08 Å². The van der Waals surface area contributed by atoms with Gasteiger partial charge in [0.25, 0.3) is 0 Å². The zero-order valence-corrected chi connectivity index (χ0v) is 21.8. The van der Waals surface area contributed by atoms with Gasteiger partial charge in [0.1, 0.15) is 39.9 Å². The summed E-state index contributed by atoms with van der Waals surface area (Å²) in [4.78, 5) is 26.1. The van der Waals surface area contributed by atoms with Crippen molar-refractivity contribution >= 4 is 16.9 Å². The average molecular weight is 527 g/mol. The molecular weight excluding hydrogens is 492 g/mol. The molecule has 10 nitrogen and oxygen atoms in total. The SMILES string of the molecule is Cc1cc(=O)c2c(O)c3c(cc2o1)OC(C)(C)[C@H](OC(=O)[C@@]1(CCCO)O[C@@H]1CCC1=CCNC(N)=C1)C3. The molecule has 5 N–H and O–H groups in total. The molecule has 1 aromatic heterocycles. The molecule has 1 saturated heterocycles. The first-order valence-corrected chi connectivity index (χ1v) is 12.9. The minimum absolute atomic E-state index is 0.0645. The number of nitrogens with two attached hydrogens (primary N) is 1. The monoisotopic (exact) mass is 526 g/mol. The van der Waals surface area contributed by atoms with Crippen molar-refractivity contribution < 1.29 is 33.6 Å². The van der Waals surface area contributed by atoms with Crippen LogP contribution < -0.4 is 21.2 Å². The maximum Gasteiger partial charge on any atom is 0.341 e. The Morgan fingerprint density at radius 3 is 2.84 bits per heavy atom. The number of carbonyl (C=O) groups is 1. The highest BCUT2D eigenvalue weighted by Gasteiger charge is 2.63. The Hall–Kier alpha value is -3.50. The second-order valence-corrected chi connectivity index (χ2v) is 10.7. The highest BCUT2D eigenvalue weighted by molar-refractivity contribution is 5.87. The Kier molecular flexibility index (Phi) is 6.65. The number of aliphatic hydroxyl groups excluding tert-OH is 1. The van der Waals surface area contributed by atoms with Gasteiger partial charge in [0, 0.05) is 37.3 Å². The largest absolute Gasteiger partial charge is 0.507 e. The summed E-state index contributed by atoms with van der Waals surface area (Å²) in [6, 6.07) is 2.91. The fourth-order valence-corrected chi connectivity index (χ4v) is 5.36. The first kappa shape index (κ1) is 26.1. The smallest absolute Gasteiger partial charge is 0.341 e. The van der Waals surface area contributed by atoms with E-state index in [-0.39, 0.29) is 41.3 Å². The number of hydrogen-bond donors (Lipinski definition) is 4. The number of aliphatic hydroxyl groups is 1. The Morgan fingerprint density at radius 2 is 2.11 bits per heavy atom. The number of aryl methyl sites for hydroxylation is 1. The molecule has 0 amide bonds. The fraction of sp³-hybridized carbons (Fsp3) is 0.500. The number of allylic oxidation sites excluding steroid dienone is 2. The summed E-state index contributed by atoms with van der Waals surface area (Å²) in [6.45, 7) is 5.84. The maximum atomic E-state index is 13.5. The van der Waals surface area contributed by atoms with E-state index in [9.17, 15) is 19.8 Å². The fourth-order valence-electron chi connectivity index (χ4n) is 5.36. The summed E-state index contributed by atoms with van der Waals surface area (Å²) in [7, 11) is 0. The number of nitrogens with one attached hydrogen (secondary N) is 1. The lowest BCUT2D eigenvalue weighted by Crippen LogP contribution is -2.50. The Morgan fingerprint density at radius 1 is 1.32 bits per heavy atom. The van der Waals surface area contributed by atoms with Crippen LogP contribution in [0, 0.1) is 6.92 Å². The Balaban J connectivity index is 1.36. The molecule has 0 radical (unpaired) electrons. The van der Waals surface area contributed by atoms with Crippen LogP contribution in [0.5, 0.6) is 11.5 Å². The van der Waals surface area contributed by atoms with Crippen molar-refractivity contribution in [2.75, 3.05) is 13.2 Å². The minimum atomic E-state index is -1.15. The third-order valence-corrected chi connectivity index (χ3v) is 7.54. The lowest BCUT2D eigenvalue weighted by atomic mass is 9.89. The van der Waals surface area contributed by atoms with E-state index < -0.39 is 23.3 Å². The van der Waals surface area contributed by atoms with Crippen LogP contribution in [0.1, 0.15) is 50.9 Å². The molecule has 0 unspecified atom stereocenters. The van der Waals surface area contributed by atoms with Crippen molar-refractivity contribution in [3.8, 4) is 11.5 Å². The second-order valence-electron chi connectivity index (χ2n) is 10.7. The topological polar surface area (TPSA) is 157 Å². The van der Waals surface area contributed by atoms with Gasteiger partial charge in [0.2, 0.25) is 0 Å². The minimum Gasteiger partial charge on any atom is -0.507 e. The summed E-state index contributed by atoms with van der Waals surface area (Å²) in [5.41, 5.74) is 5.10. The normalized spacial score (nSPS) is 25.5.